The molecule has 1 aliphatic heterocycles. The Morgan fingerprint density at radius 3 is 2.64 bits per heavy atom. The van der Waals surface area contributed by atoms with Crippen molar-refractivity contribution in [2.45, 2.75) is 30.9 Å². The Bertz CT molecular complexity index is 586. The van der Waals surface area contributed by atoms with Gasteiger partial charge in [-0.1, -0.05) is 25.1 Å². The van der Waals surface area contributed by atoms with E-state index in [1.54, 1.807) is 14.2 Å². The Morgan fingerprint density at radius 1 is 1.23 bits per heavy atom. The fourth-order valence-corrected chi connectivity index (χ4v) is 4.26. The molecule has 0 aromatic heterocycles. The van der Waals surface area contributed by atoms with Crippen LogP contribution in [-0.4, -0.2) is 50.0 Å². The summed E-state index contributed by atoms with van der Waals surface area (Å²) < 4.78 is 10.8. The van der Waals surface area contributed by atoms with Crippen LogP contribution in [0.3, 0.4) is 0 Å². The molecule has 1 fully saturated rings. The first kappa shape index (κ1) is 15.4. The average Bonchev–Trinajstić information content (AvgIpc) is 2.89. The summed E-state index contributed by atoms with van der Waals surface area (Å²) >= 11 is 0. The summed E-state index contributed by atoms with van der Waals surface area (Å²) in [6, 6.07) is 6.48. The van der Waals surface area contributed by atoms with E-state index in [9.17, 15) is 5.11 Å². The number of likely N-dealkylation sites (tertiary alicyclic amines) is 1. The van der Waals surface area contributed by atoms with Gasteiger partial charge in [0.25, 0.3) is 0 Å². The van der Waals surface area contributed by atoms with Crippen LogP contribution in [0.4, 0.5) is 0 Å². The van der Waals surface area contributed by atoms with Crippen LogP contribution in [0.5, 0.6) is 11.5 Å². The van der Waals surface area contributed by atoms with Crippen molar-refractivity contribution < 1.29 is 14.6 Å². The lowest BCUT2D eigenvalue weighted by atomic mass is 9.66. The molecule has 22 heavy (non-hydrogen) atoms. The molecule has 0 unspecified atom stereocenters. The fraction of sp³-hybridized carbons (Fsp3) is 0.556. The van der Waals surface area contributed by atoms with Gasteiger partial charge in [0.05, 0.1) is 20.3 Å². The second-order valence-electron chi connectivity index (χ2n) is 6.49. The zero-order chi connectivity index (χ0) is 15.9. The van der Waals surface area contributed by atoms with Crippen molar-refractivity contribution in [1.82, 2.24) is 4.90 Å². The predicted octanol–water partition coefficient (Wildman–Crippen LogP) is 2.21. The highest BCUT2D eigenvalue weighted by Crippen LogP contribution is 2.48. The normalized spacial score (nSPS) is 34.5. The number of likely N-dealkylation sites (N-methyl/N-ethyl adjacent to an activating group) is 1. The lowest BCUT2D eigenvalue weighted by molar-refractivity contribution is 0.0751. The molecular weight excluding hydrogens is 278 g/mol. The van der Waals surface area contributed by atoms with Crippen molar-refractivity contribution in [1.29, 1.82) is 0 Å². The lowest BCUT2D eigenvalue weighted by Crippen LogP contribution is -2.50. The lowest BCUT2D eigenvalue weighted by Gasteiger charge is -2.44. The molecule has 0 bridgehead atoms. The first-order valence-corrected chi connectivity index (χ1v) is 7.83. The summed E-state index contributed by atoms with van der Waals surface area (Å²) in [5.41, 5.74) is 1.17. The smallest absolute Gasteiger partial charge is 0.161 e. The molecule has 1 heterocycles. The fourth-order valence-electron chi connectivity index (χ4n) is 4.26. The number of methoxy groups -OCH3 is 2. The molecule has 1 N–H and O–H groups in total. The largest absolute Gasteiger partial charge is 0.493 e. The first-order valence-electron chi connectivity index (χ1n) is 7.83. The molecule has 3 rings (SSSR count). The Balaban J connectivity index is 2.10. The third kappa shape index (κ3) is 2.13. The number of nitrogens with zero attached hydrogens (tertiary/aromatic N) is 1. The topological polar surface area (TPSA) is 41.9 Å². The molecule has 4 nitrogen and oxygen atoms in total. The highest BCUT2D eigenvalue weighted by atomic mass is 16.5. The van der Waals surface area contributed by atoms with Gasteiger partial charge in [-0.2, -0.15) is 0 Å². The molecule has 1 saturated heterocycles. The summed E-state index contributed by atoms with van der Waals surface area (Å²) in [6.07, 6.45) is 4.83. The van der Waals surface area contributed by atoms with E-state index in [1.807, 2.05) is 12.1 Å². The monoisotopic (exact) mass is 303 g/mol. The van der Waals surface area contributed by atoms with E-state index < -0.39 is 0 Å². The third-order valence-corrected chi connectivity index (χ3v) is 5.43. The van der Waals surface area contributed by atoms with Crippen molar-refractivity contribution in [3.05, 3.63) is 35.9 Å². The van der Waals surface area contributed by atoms with Gasteiger partial charge >= 0.3 is 0 Å². The minimum absolute atomic E-state index is 0.0626. The van der Waals surface area contributed by atoms with E-state index in [0.29, 0.717) is 6.04 Å². The minimum atomic E-state index is -0.376. The van der Waals surface area contributed by atoms with Crippen LogP contribution >= 0.6 is 0 Å². The van der Waals surface area contributed by atoms with Crippen LogP contribution in [-0.2, 0) is 5.41 Å². The highest BCUT2D eigenvalue weighted by molar-refractivity contribution is 5.49. The first-order chi connectivity index (χ1) is 10.5. The van der Waals surface area contributed by atoms with Gasteiger partial charge in [0.1, 0.15) is 0 Å². The Labute approximate surface area is 132 Å². The second kappa shape index (κ2) is 5.60. The molecule has 1 aliphatic carbocycles. The molecule has 1 aromatic rings. The molecular formula is C18H25NO3. The maximum absolute atomic E-state index is 10.2. The van der Waals surface area contributed by atoms with Crippen molar-refractivity contribution in [3.8, 4) is 11.5 Å². The van der Waals surface area contributed by atoms with Crippen molar-refractivity contribution in [2.24, 2.45) is 5.92 Å². The third-order valence-electron chi connectivity index (χ3n) is 5.43. The van der Waals surface area contributed by atoms with Crippen molar-refractivity contribution in [3.63, 3.8) is 0 Å². The molecule has 0 saturated carbocycles. The SMILES string of the molecule is COc1ccc([C@@]23C=C[C@H](O)[C@@H](C)[C@@H]2N(C)CC3)cc1OC. The Morgan fingerprint density at radius 2 is 1.95 bits per heavy atom. The zero-order valence-electron chi connectivity index (χ0n) is 13.7. The standard InChI is InChI=1S/C18H25NO3/c1-12-14(20)7-8-18(9-10-19(2)17(12)18)13-5-6-15(21-3)16(11-13)22-4/h5-8,11-12,14,17,20H,9-10H2,1-4H3/t12-,14+,17+,18+/m1/s1. The van der Waals surface area contributed by atoms with Gasteiger partial charge in [-0.25, -0.2) is 0 Å². The van der Waals surface area contributed by atoms with Gasteiger partial charge < -0.3 is 19.5 Å². The number of fused-ring (bicyclic) bond motifs is 1. The van der Waals surface area contributed by atoms with Gasteiger partial charge in [0, 0.05) is 17.4 Å². The summed E-state index contributed by atoms with van der Waals surface area (Å²) in [4.78, 5) is 2.37. The predicted molar refractivity (Wildman–Crippen MR) is 86.6 cm³/mol. The van der Waals surface area contributed by atoms with E-state index in [-0.39, 0.29) is 17.4 Å². The Hall–Kier alpha value is -1.52. The van der Waals surface area contributed by atoms with E-state index in [4.69, 9.17) is 9.47 Å². The summed E-state index contributed by atoms with van der Waals surface area (Å²) in [6.45, 7) is 3.16. The van der Waals surface area contributed by atoms with Crippen LogP contribution in [0.1, 0.15) is 18.9 Å². The summed E-state index contributed by atoms with van der Waals surface area (Å²) in [7, 11) is 5.47. The van der Waals surface area contributed by atoms with Gasteiger partial charge in [-0.3, -0.25) is 0 Å². The van der Waals surface area contributed by atoms with Crippen molar-refractivity contribution >= 4 is 0 Å². The maximum Gasteiger partial charge on any atom is 0.161 e. The minimum Gasteiger partial charge on any atom is -0.493 e. The number of hydrogen-bond donors (Lipinski definition) is 1. The number of rotatable bonds is 3. The molecule has 0 amide bonds. The van der Waals surface area contributed by atoms with E-state index in [2.05, 4.69) is 37.1 Å². The van der Waals surface area contributed by atoms with Crippen LogP contribution < -0.4 is 9.47 Å². The van der Waals surface area contributed by atoms with Gasteiger partial charge in [0.15, 0.2) is 11.5 Å². The molecule has 0 spiro atoms. The molecule has 0 radical (unpaired) electrons. The summed E-state index contributed by atoms with van der Waals surface area (Å²) in [5, 5.41) is 10.2. The van der Waals surface area contributed by atoms with Crippen LogP contribution in [0, 0.1) is 5.92 Å². The van der Waals surface area contributed by atoms with Crippen LogP contribution in [0.2, 0.25) is 0 Å². The quantitative estimate of drug-likeness (QED) is 0.869. The molecule has 4 atom stereocenters. The summed E-state index contributed by atoms with van der Waals surface area (Å²) in [5.74, 6) is 1.71. The molecule has 2 aliphatic rings. The van der Waals surface area contributed by atoms with Crippen LogP contribution in [0.25, 0.3) is 0 Å². The molecule has 120 valence electrons. The number of aliphatic hydroxyl groups is 1. The number of ether oxygens (including phenoxy) is 2. The number of hydrogen-bond acceptors (Lipinski definition) is 4. The number of benzene rings is 1. The van der Waals surface area contributed by atoms with Gasteiger partial charge in [0.2, 0.25) is 0 Å². The maximum atomic E-state index is 10.2. The van der Waals surface area contributed by atoms with E-state index >= 15 is 0 Å². The van der Waals surface area contributed by atoms with Crippen molar-refractivity contribution in [2.75, 3.05) is 27.8 Å². The molecule has 4 heteroatoms. The van der Waals surface area contributed by atoms with E-state index in [1.165, 1.54) is 5.56 Å². The van der Waals surface area contributed by atoms with E-state index in [0.717, 1.165) is 24.5 Å². The van der Waals surface area contributed by atoms with Gasteiger partial charge in [-0.15, -0.1) is 0 Å². The second-order valence-corrected chi connectivity index (χ2v) is 6.49. The highest BCUT2D eigenvalue weighted by Gasteiger charge is 2.51. The van der Waals surface area contributed by atoms with Crippen LogP contribution in [0.15, 0.2) is 30.4 Å². The van der Waals surface area contributed by atoms with Gasteiger partial charge in [-0.05, 0) is 37.7 Å². The molecule has 1 aromatic carbocycles. The number of aliphatic hydroxyl groups excluding tert-OH is 1. The Kier molecular flexibility index (Phi) is 3.91. The average molecular weight is 303 g/mol. The zero-order valence-corrected chi connectivity index (χ0v) is 13.7.